The van der Waals surface area contributed by atoms with Crippen molar-refractivity contribution < 1.29 is 0 Å². The number of rotatable bonds is 3. The van der Waals surface area contributed by atoms with Crippen LogP contribution < -0.4 is 4.90 Å². The highest BCUT2D eigenvalue weighted by atomic mass is 32.1. The van der Waals surface area contributed by atoms with Gasteiger partial charge in [0.15, 0.2) is 0 Å². The highest BCUT2D eigenvalue weighted by Gasteiger charge is 2.23. The van der Waals surface area contributed by atoms with Crippen LogP contribution in [-0.2, 0) is 0 Å². The highest BCUT2D eigenvalue weighted by Crippen LogP contribution is 2.50. The summed E-state index contributed by atoms with van der Waals surface area (Å²) in [5.41, 5.74) is 3.58. The second-order valence-corrected chi connectivity index (χ2v) is 10.8. The molecule has 38 heavy (non-hydrogen) atoms. The Balaban J connectivity index is 1.60. The number of fused-ring (bicyclic) bond motifs is 7. The third-order valence-corrected chi connectivity index (χ3v) is 8.70. The Morgan fingerprint density at radius 1 is 0.421 bits per heavy atom. The van der Waals surface area contributed by atoms with Crippen LogP contribution in [0.15, 0.2) is 140 Å². The van der Waals surface area contributed by atoms with Crippen LogP contribution in [0, 0.1) is 0 Å². The van der Waals surface area contributed by atoms with Crippen LogP contribution in [-0.4, -0.2) is 0 Å². The van der Waals surface area contributed by atoms with Gasteiger partial charge in [-0.2, -0.15) is 0 Å². The smallest absolute Gasteiger partial charge is 0.0633 e. The van der Waals surface area contributed by atoms with Crippen LogP contribution in [0.3, 0.4) is 0 Å². The molecule has 0 amide bonds. The molecule has 1 heterocycles. The summed E-state index contributed by atoms with van der Waals surface area (Å²) in [5, 5.41) is 10.2. The number of nitrogens with zero attached hydrogens (tertiary/aromatic N) is 1. The van der Waals surface area contributed by atoms with Crippen molar-refractivity contribution in [3.63, 3.8) is 0 Å². The number of para-hydroxylation sites is 1. The molecule has 0 aliphatic heterocycles. The van der Waals surface area contributed by atoms with Crippen molar-refractivity contribution in [2.75, 3.05) is 4.90 Å². The Kier molecular flexibility index (Phi) is 4.76. The molecule has 0 atom stereocenters. The van der Waals surface area contributed by atoms with Gasteiger partial charge in [0.1, 0.15) is 0 Å². The standard InChI is InChI=1S/C36H23NS/c1-2-14-26(15-3-1)37(32-22-24-12-4-6-16-27(24)29-18-8-9-19-30(29)32)36-28-17-7-5-13-25(28)23-34-35(36)31-20-10-11-21-33(31)38-34/h1-23H. The maximum Gasteiger partial charge on any atom is 0.0633 e. The van der Waals surface area contributed by atoms with Crippen LogP contribution in [0.25, 0.3) is 52.5 Å². The molecule has 0 N–H and O–H groups in total. The predicted octanol–water partition coefficient (Wildman–Crippen LogP) is 11.0. The van der Waals surface area contributed by atoms with Gasteiger partial charge in [0.2, 0.25) is 0 Å². The molecule has 0 radical (unpaired) electrons. The van der Waals surface area contributed by atoms with Crippen LogP contribution in [0.2, 0.25) is 0 Å². The Morgan fingerprint density at radius 3 is 1.79 bits per heavy atom. The van der Waals surface area contributed by atoms with E-state index in [2.05, 4.69) is 144 Å². The molecule has 0 bridgehead atoms. The Bertz CT molecular complexity index is 2140. The molecular weight excluding hydrogens is 478 g/mol. The largest absolute Gasteiger partial charge is 0.309 e. The average Bonchev–Trinajstić information content (AvgIpc) is 3.35. The second kappa shape index (κ2) is 8.44. The van der Waals surface area contributed by atoms with Crippen molar-refractivity contribution in [3.05, 3.63) is 140 Å². The molecule has 7 aromatic carbocycles. The third kappa shape index (κ3) is 3.17. The van der Waals surface area contributed by atoms with Crippen LogP contribution in [0.5, 0.6) is 0 Å². The fraction of sp³-hybridized carbons (Fsp3) is 0. The number of hydrogen-bond donors (Lipinski definition) is 0. The van der Waals surface area contributed by atoms with Gasteiger partial charge in [-0.15, -0.1) is 11.3 Å². The van der Waals surface area contributed by atoms with Crippen molar-refractivity contribution >= 4 is 80.9 Å². The first-order valence-corrected chi connectivity index (χ1v) is 13.8. The zero-order valence-electron chi connectivity index (χ0n) is 20.6. The van der Waals surface area contributed by atoms with Crippen molar-refractivity contribution in [1.82, 2.24) is 0 Å². The van der Waals surface area contributed by atoms with Gasteiger partial charge in [0, 0.05) is 36.6 Å². The quantitative estimate of drug-likeness (QED) is 0.218. The average molecular weight is 502 g/mol. The molecule has 0 fully saturated rings. The van der Waals surface area contributed by atoms with E-state index in [1.165, 1.54) is 63.9 Å². The Labute approximate surface area is 224 Å². The monoisotopic (exact) mass is 501 g/mol. The maximum atomic E-state index is 2.50. The molecule has 1 nitrogen and oxygen atoms in total. The van der Waals surface area contributed by atoms with Crippen LogP contribution >= 0.6 is 11.3 Å². The van der Waals surface area contributed by atoms with Gasteiger partial charge in [-0.3, -0.25) is 0 Å². The van der Waals surface area contributed by atoms with E-state index in [0.29, 0.717) is 0 Å². The molecule has 0 spiro atoms. The van der Waals surface area contributed by atoms with Gasteiger partial charge >= 0.3 is 0 Å². The summed E-state index contributed by atoms with van der Waals surface area (Å²) in [5.74, 6) is 0. The first-order valence-electron chi connectivity index (χ1n) is 13.0. The Hall–Kier alpha value is -4.66. The summed E-state index contributed by atoms with van der Waals surface area (Å²) in [6.07, 6.45) is 0. The first-order chi connectivity index (χ1) is 18.9. The molecule has 0 aliphatic rings. The normalized spacial score (nSPS) is 11.7. The van der Waals surface area contributed by atoms with E-state index in [1.54, 1.807) is 0 Å². The lowest BCUT2D eigenvalue weighted by molar-refractivity contribution is 1.33. The van der Waals surface area contributed by atoms with Gasteiger partial charge in [-0.05, 0) is 51.9 Å². The molecule has 8 aromatic rings. The molecule has 8 rings (SSSR count). The molecule has 2 heteroatoms. The summed E-state index contributed by atoms with van der Waals surface area (Å²) in [6, 6.07) is 50.7. The lowest BCUT2D eigenvalue weighted by atomic mass is 9.97. The van der Waals surface area contributed by atoms with E-state index in [0.717, 1.165) is 5.69 Å². The molecule has 178 valence electrons. The molecule has 0 unspecified atom stereocenters. The summed E-state index contributed by atoms with van der Waals surface area (Å²) in [4.78, 5) is 2.50. The van der Waals surface area contributed by atoms with E-state index in [9.17, 15) is 0 Å². The van der Waals surface area contributed by atoms with Gasteiger partial charge < -0.3 is 4.90 Å². The summed E-state index contributed by atoms with van der Waals surface area (Å²) in [6.45, 7) is 0. The molecule has 0 aliphatic carbocycles. The van der Waals surface area contributed by atoms with Crippen molar-refractivity contribution in [3.8, 4) is 0 Å². The van der Waals surface area contributed by atoms with Gasteiger partial charge in [0.25, 0.3) is 0 Å². The lowest BCUT2D eigenvalue weighted by Gasteiger charge is -2.29. The van der Waals surface area contributed by atoms with E-state index in [1.807, 2.05) is 11.3 Å². The zero-order valence-corrected chi connectivity index (χ0v) is 21.5. The zero-order chi connectivity index (χ0) is 25.1. The van der Waals surface area contributed by atoms with Crippen LogP contribution in [0.4, 0.5) is 17.1 Å². The minimum atomic E-state index is 1.15. The highest BCUT2D eigenvalue weighted by molar-refractivity contribution is 7.26. The van der Waals surface area contributed by atoms with Gasteiger partial charge in [0.05, 0.1) is 11.4 Å². The maximum absolute atomic E-state index is 2.50. The molecular formula is C36H23NS. The van der Waals surface area contributed by atoms with Crippen molar-refractivity contribution in [2.24, 2.45) is 0 Å². The summed E-state index contributed by atoms with van der Waals surface area (Å²) >= 11 is 1.88. The van der Waals surface area contributed by atoms with Crippen molar-refractivity contribution in [1.29, 1.82) is 0 Å². The van der Waals surface area contributed by atoms with Gasteiger partial charge in [-0.25, -0.2) is 0 Å². The minimum absolute atomic E-state index is 1.15. The number of benzene rings is 7. The van der Waals surface area contributed by atoms with E-state index in [-0.39, 0.29) is 0 Å². The van der Waals surface area contributed by atoms with Gasteiger partial charge in [-0.1, -0.05) is 109 Å². The summed E-state index contributed by atoms with van der Waals surface area (Å²) in [7, 11) is 0. The SMILES string of the molecule is c1ccc(N(c2cc3ccccc3c3ccccc23)c2c3ccccc3cc3sc4ccccc4c23)cc1. The van der Waals surface area contributed by atoms with E-state index < -0.39 is 0 Å². The third-order valence-electron chi connectivity index (χ3n) is 7.59. The number of thiophene rings is 1. The molecule has 1 aromatic heterocycles. The topological polar surface area (TPSA) is 3.24 Å². The lowest BCUT2D eigenvalue weighted by Crippen LogP contribution is -2.11. The van der Waals surface area contributed by atoms with E-state index in [4.69, 9.17) is 0 Å². The summed E-state index contributed by atoms with van der Waals surface area (Å²) < 4.78 is 2.63. The number of hydrogen-bond acceptors (Lipinski definition) is 2. The molecule has 0 saturated heterocycles. The molecule has 0 saturated carbocycles. The second-order valence-electron chi connectivity index (χ2n) is 9.75. The van der Waals surface area contributed by atoms with E-state index >= 15 is 0 Å². The van der Waals surface area contributed by atoms with Crippen LogP contribution in [0.1, 0.15) is 0 Å². The Morgan fingerprint density at radius 2 is 1.00 bits per heavy atom. The van der Waals surface area contributed by atoms with Crippen molar-refractivity contribution in [2.45, 2.75) is 0 Å². The predicted molar refractivity (Wildman–Crippen MR) is 167 cm³/mol. The first kappa shape index (κ1) is 21.4. The fourth-order valence-electron chi connectivity index (χ4n) is 5.94. The minimum Gasteiger partial charge on any atom is -0.309 e. The fourth-order valence-corrected chi connectivity index (χ4v) is 7.10. The number of anilines is 3.